The molecule has 0 aliphatic rings. The monoisotopic (exact) mass is 349 g/mol. The Morgan fingerprint density at radius 3 is 2.54 bits per heavy atom. The number of thiazole rings is 1. The molecule has 0 bridgehead atoms. The van der Waals surface area contributed by atoms with E-state index in [9.17, 15) is 4.79 Å². The molecule has 0 saturated heterocycles. The maximum atomic E-state index is 13.0. The van der Waals surface area contributed by atoms with Gasteiger partial charge in [0, 0.05) is 10.9 Å². The normalized spacial score (nSPS) is 11.8. The van der Waals surface area contributed by atoms with Crippen LogP contribution < -0.4 is 0 Å². The number of hydrogen-bond acceptors (Lipinski definition) is 6. The number of para-hydroxylation sites is 1. The number of Topliss-reactive ketones (excluding diaryl/α,β-unsaturated/α-hetero) is 1. The molecule has 0 atom stereocenters. The summed E-state index contributed by atoms with van der Waals surface area (Å²) in [6.07, 6.45) is 1.76. The zero-order valence-corrected chi connectivity index (χ0v) is 14.1. The Morgan fingerprint density at radius 2 is 1.79 bits per heavy atom. The number of carbonyl (C=O) groups excluding carboxylic acids is 1. The minimum absolute atomic E-state index is 0.0670. The lowest BCUT2D eigenvalue weighted by molar-refractivity contribution is 0.105. The summed E-state index contributed by atoms with van der Waals surface area (Å²) in [7, 11) is 0. The van der Waals surface area contributed by atoms with Crippen LogP contribution in [0.5, 0.6) is 0 Å². The maximum Gasteiger partial charge on any atom is 0.196 e. The molecule has 116 valence electrons. The Hall–Kier alpha value is -2.70. The van der Waals surface area contributed by atoms with Crippen molar-refractivity contribution in [2.45, 2.75) is 0 Å². The zero-order valence-electron chi connectivity index (χ0n) is 12.4. The molecule has 0 fully saturated rings. The summed E-state index contributed by atoms with van der Waals surface area (Å²) in [5.41, 5.74) is 2.72. The first-order chi connectivity index (χ1) is 11.8. The second-order valence-electron chi connectivity index (χ2n) is 5.07. The Kier molecular flexibility index (Phi) is 3.98. The predicted octanol–water partition coefficient (Wildman–Crippen LogP) is 4.57. The van der Waals surface area contributed by atoms with Gasteiger partial charge in [-0.1, -0.05) is 47.0 Å². The fraction of sp³-hybridized carbons (Fsp3) is 0. The number of hydrogen-bond donors (Lipinski definition) is 0. The minimum Gasteiger partial charge on any atom is -0.288 e. The lowest BCUT2D eigenvalue weighted by atomic mass is 10.0. The van der Waals surface area contributed by atoms with Gasteiger partial charge < -0.3 is 0 Å². The van der Waals surface area contributed by atoms with Crippen molar-refractivity contribution < 1.29 is 4.79 Å². The lowest BCUT2D eigenvalue weighted by Crippen LogP contribution is -2.02. The van der Waals surface area contributed by atoms with E-state index in [2.05, 4.69) is 14.6 Å². The van der Waals surface area contributed by atoms with Gasteiger partial charge in [-0.25, -0.2) is 4.98 Å². The van der Waals surface area contributed by atoms with E-state index in [4.69, 9.17) is 0 Å². The number of nitrogens with zero attached hydrogens (tertiary/aromatic N) is 3. The number of benzene rings is 2. The van der Waals surface area contributed by atoms with Gasteiger partial charge in [0.05, 0.1) is 21.5 Å². The summed E-state index contributed by atoms with van der Waals surface area (Å²) in [5, 5.41) is 6.53. The highest BCUT2D eigenvalue weighted by Gasteiger charge is 2.18. The molecule has 4 aromatic rings. The number of ketones is 1. The third-order valence-corrected chi connectivity index (χ3v) is 5.07. The van der Waals surface area contributed by atoms with Crippen LogP contribution in [-0.4, -0.2) is 20.4 Å². The third-order valence-electron chi connectivity index (χ3n) is 3.47. The smallest absolute Gasteiger partial charge is 0.196 e. The lowest BCUT2D eigenvalue weighted by Gasteiger charge is -2.03. The van der Waals surface area contributed by atoms with Crippen LogP contribution in [0, 0.1) is 0 Å². The molecule has 0 N–H and O–H groups in total. The Morgan fingerprint density at radius 1 is 1.00 bits per heavy atom. The van der Waals surface area contributed by atoms with E-state index in [1.165, 1.54) is 22.9 Å². The van der Waals surface area contributed by atoms with Gasteiger partial charge >= 0.3 is 0 Å². The molecule has 2 heterocycles. The highest BCUT2D eigenvalue weighted by molar-refractivity contribution is 7.20. The number of rotatable bonds is 4. The first kappa shape index (κ1) is 14.9. The van der Waals surface area contributed by atoms with E-state index in [1.54, 1.807) is 6.08 Å². The molecule has 6 heteroatoms. The summed E-state index contributed by atoms with van der Waals surface area (Å²) in [5.74, 6) is -0.0670. The SMILES string of the molecule is O=C(C(=Cc1csnn1)c1nc2ccccc2s1)c1ccccc1. The Balaban J connectivity index is 1.86. The van der Waals surface area contributed by atoms with E-state index in [0.717, 1.165) is 10.2 Å². The van der Waals surface area contributed by atoms with E-state index in [-0.39, 0.29) is 5.78 Å². The van der Waals surface area contributed by atoms with Crippen molar-refractivity contribution in [2.24, 2.45) is 0 Å². The molecule has 2 aromatic heterocycles. The van der Waals surface area contributed by atoms with Crippen LogP contribution in [0.1, 0.15) is 21.1 Å². The van der Waals surface area contributed by atoms with Crippen molar-refractivity contribution in [2.75, 3.05) is 0 Å². The number of allylic oxidation sites excluding steroid dienone is 1. The van der Waals surface area contributed by atoms with Crippen molar-refractivity contribution in [3.05, 3.63) is 76.2 Å². The summed E-state index contributed by atoms with van der Waals surface area (Å²) in [4.78, 5) is 17.6. The quantitative estimate of drug-likeness (QED) is 0.400. The van der Waals surface area contributed by atoms with E-state index in [0.29, 0.717) is 21.8 Å². The van der Waals surface area contributed by atoms with E-state index in [1.807, 2.05) is 60.0 Å². The molecule has 0 spiro atoms. The van der Waals surface area contributed by atoms with E-state index >= 15 is 0 Å². The van der Waals surface area contributed by atoms with Crippen molar-refractivity contribution in [1.29, 1.82) is 0 Å². The average molecular weight is 349 g/mol. The molecule has 24 heavy (non-hydrogen) atoms. The standard InChI is InChI=1S/C18H11N3OS2/c22-17(12-6-2-1-3-7-12)14(10-13-11-23-21-20-13)18-19-15-8-4-5-9-16(15)24-18/h1-11H. The molecule has 0 aliphatic heterocycles. The molecule has 4 rings (SSSR count). The molecular formula is C18H11N3OS2. The molecule has 0 amide bonds. The van der Waals surface area contributed by atoms with E-state index < -0.39 is 0 Å². The molecule has 0 saturated carbocycles. The van der Waals surface area contributed by atoms with Crippen molar-refractivity contribution in [1.82, 2.24) is 14.6 Å². The van der Waals surface area contributed by atoms with Gasteiger partial charge in [0.15, 0.2) is 5.78 Å². The Labute approximate surface area is 146 Å². The highest BCUT2D eigenvalue weighted by Crippen LogP contribution is 2.30. The van der Waals surface area contributed by atoms with Crippen molar-refractivity contribution in [3.63, 3.8) is 0 Å². The number of fused-ring (bicyclic) bond motifs is 1. The highest BCUT2D eigenvalue weighted by atomic mass is 32.1. The van der Waals surface area contributed by atoms with Crippen LogP contribution in [0.2, 0.25) is 0 Å². The van der Waals surface area contributed by atoms with Gasteiger partial charge in [-0.15, -0.1) is 16.4 Å². The summed E-state index contributed by atoms with van der Waals surface area (Å²) < 4.78 is 4.91. The molecule has 0 radical (unpaired) electrons. The van der Waals surface area contributed by atoms with Gasteiger partial charge in [0.1, 0.15) is 5.01 Å². The van der Waals surface area contributed by atoms with Crippen LogP contribution in [0.25, 0.3) is 21.9 Å². The first-order valence-electron chi connectivity index (χ1n) is 7.26. The molecule has 4 nitrogen and oxygen atoms in total. The predicted molar refractivity (Wildman–Crippen MR) is 98.2 cm³/mol. The summed E-state index contributed by atoms with van der Waals surface area (Å²) in [6, 6.07) is 17.1. The van der Waals surface area contributed by atoms with Crippen molar-refractivity contribution >= 4 is 50.5 Å². The van der Waals surface area contributed by atoms with Crippen LogP contribution >= 0.6 is 22.9 Å². The van der Waals surface area contributed by atoms with Crippen LogP contribution in [-0.2, 0) is 0 Å². The molecule has 0 unspecified atom stereocenters. The minimum atomic E-state index is -0.0670. The van der Waals surface area contributed by atoms with Gasteiger partial charge in [-0.05, 0) is 29.7 Å². The fourth-order valence-electron chi connectivity index (χ4n) is 2.34. The largest absolute Gasteiger partial charge is 0.288 e. The Bertz CT molecular complexity index is 988. The second kappa shape index (κ2) is 6.43. The topological polar surface area (TPSA) is 55.7 Å². The molecule has 2 aromatic carbocycles. The average Bonchev–Trinajstić information content (AvgIpc) is 3.29. The van der Waals surface area contributed by atoms with Crippen molar-refractivity contribution in [3.8, 4) is 0 Å². The van der Waals surface area contributed by atoms with Gasteiger partial charge in [0.2, 0.25) is 0 Å². The molecule has 0 aliphatic carbocycles. The third kappa shape index (κ3) is 2.89. The van der Waals surface area contributed by atoms with Gasteiger partial charge in [0.25, 0.3) is 0 Å². The summed E-state index contributed by atoms with van der Waals surface area (Å²) >= 11 is 2.76. The number of carbonyl (C=O) groups is 1. The zero-order chi connectivity index (χ0) is 16.4. The second-order valence-corrected chi connectivity index (χ2v) is 6.71. The van der Waals surface area contributed by atoms with Gasteiger partial charge in [-0.2, -0.15) is 0 Å². The number of aromatic nitrogens is 3. The van der Waals surface area contributed by atoms with Crippen LogP contribution in [0.3, 0.4) is 0 Å². The van der Waals surface area contributed by atoms with Crippen LogP contribution in [0.4, 0.5) is 0 Å². The fourth-order valence-corrected chi connectivity index (χ4v) is 3.73. The maximum absolute atomic E-state index is 13.0. The summed E-state index contributed by atoms with van der Waals surface area (Å²) in [6.45, 7) is 0. The van der Waals surface area contributed by atoms with Crippen LogP contribution in [0.15, 0.2) is 60.0 Å². The first-order valence-corrected chi connectivity index (χ1v) is 8.91. The van der Waals surface area contributed by atoms with Gasteiger partial charge in [-0.3, -0.25) is 4.79 Å². The molecular weight excluding hydrogens is 338 g/mol.